The van der Waals surface area contributed by atoms with Crippen LogP contribution in [-0.4, -0.2) is 32.0 Å². The minimum atomic E-state index is 0.150. The number of aryl methyl sites for hydroxylation is 1. The second-order valence-electron chi connectivity index (χ2n) is 4.62. The molecule has 6 heteroatoms. The SMILES string of the molecule is Cn1cnnc1-c1cccc(N2CC(Br)CC2=O)c1. The van der Waals surface area contributed by atoms with Gasteiger partial charge >= 0.3 is 0 Å². The highest BCUT2D eigenvalue weighted by Crippen LogP contribution is 2.28. The zero-order valence-electron chi connectivity index (χ0n) is 10.5. The van der Waals surface area contributed by atoms with Crippen molar-refractivity contribution in [3.63, 3.8) is 0 Å². The van der Waals surface area contributed by atoms with Crippen molar-refractivity contribution >= 4 is 27.5 Å². The maximum atomic E-state index is 11.9. The number of anilines is 1. The summed E-state index contributed by atoms with van der Waals surface area (Å²) in [7, 11) is 1.90. The standard InChI is InChI=1S/C13H13BrN4O/c1-17-8-15-16-13(17)9-3-2-4-11(5-9)18-7-10(14)6-12(18)19/h2-5,8,10H,6-7H2,1H3. The number of carbonyl (C=O) groups is 1. The van der Waals surface area contributed by atoms with E-state index in [1.807, 2.05) is 35.9 Å². The van der Waals surface area contributed by atoms with Crippen molar-refractivity contribution in [1.29, 1.82) is 0 Å². The zero-order chi connectivity index (χ0) is 13.4. The lowest BCUT2D eigenvalue weighted by atomic mass is 10.2. The molecule has 0 aliphatic carbocycles. The van der Waals surface area contributed by atoms with Crippen LogP contribution in [-0.2, 0) is 11.8 Å². The van der Waals surface area contributed by atoms with Gasteiger partial charge in [-0.05, 0) is 12.1 Å². The van der Waals surface area contributed by atoms with Gasteiger partial charge in [0.15, 0.2) is 5.82 Å². The second kappa shape index (κ2) is 4.77. The third kappa shape index (κ3) is 2.28. The number of amides is 1. The summed E-state index contributed by atoms with van der Waals surface area (Å²) >= 11 is 3.50. The number of hydrogen-bond donors (Lipinski definition) is 0. The molecule has 1 aromatic carbocycles. The largest absolute Gasteiger partial charge is 0.317 e. The number of alkyl halides is 1. The van der Waals surface area contributed by atoms with Gasteiger partial charge < -0.3 is 9.47 Å². The van der Waals surface area contributed by atoms with Crippen molar-refractivity contribution in [3.8, 4) is 11.4 Å². The lowest BCUT2D eigenvalue weighted by Gasteiger charge is -2.16. The first kappa shape index (κ1) is 12.3. The van der Waals surface area contributed by atoms with Crippen LogP contribution in [0.2, 0.25) is 0 Å². The number of halogens is 1. The Balaban J connectivity index is 1.97. The van der Waals surface area contributed by atoms with Gasteiger partial charge in [-0.25, -0.2) is 0 Å². The summed E-state index contributed by atoms with van der Waals surface area (Å²) in [5.41, 5.74) is 1.87. The predicted molar refractivity (Wildman–Crippen MR) is 76.1 cm³/mol. The van der Waals surface area contributed by atoms with E-state index in [1.54, 1.807) is 11.2 Å². The maximum Gasteiger partial charge on any atom is 0.228 e. The molecular weight excluding hydrogens is 308 g/mol. The molecule has 1 fully saturated rings. The molecule has 1 saturated heterocycles. The quantitative estimate of drug-likeness (QED) is 0.795. The zero-order valence-corrected chi connectivity index (χ0v) is 12.0. The van der Waals surface area contributed by atoms with Crippen LogP contribution in [0.5, 0.6) is 0 Å². The molecule has 19 heavy (non-hydrogen) atoms. The first-order valence-corrected chi connectivity index (χ1v) is 6.95. The molecule has 1 unspecified atom stereocenters. The number of carbonyl (C=O) groups excluding carboxylic acids is 1. The van der Waals surface area contributed by atoms with Gasteiger partial charge in [0, 0.05) is 36.1 Å². The minimum absolute atomic E-state index is 0.150. The molecule has 1 aliphatic heterocycles. The van der Waals surface area contributed by atoms with Crippen LogP contribution in [0, 0.1) is 0 Å². The highest BCUT2D eigenvalue weighted by molar-refractivity contribution is 9.09. The summed E-state index contributed by atoms with van der Waals surface area (Å²) < 4.78 is 1.86. The van der Waals surface area contributed by atoms with E-state index in [0.29, 0.717) is 13.0 Å². The van der Waals surface area contributed by atoms with E-state index in [9.17, 15) is 4.79 Å². The molecule has 0 saturated carbocycles. The Kier molecular flexibility index (Phi) is 3.10. The highest BCUT2D eigenvalue weighted by atomic mass is 79.9. The van der Waals surface area contributed by atoms with Crippen LogP contribution in [0.3, 0.4) is 0 Å². The van der Waals surface area contributed by atoms with Crippen molar-refractivity contribution < 1.29 is 4.79 Å². The van der Waals surface area contributed by atoms with E-state index in [0.717, 1.165) is 17.1 Å². The van der Waals surface area contributed by atoms with Gasteiger partial charge in [-0.3, -0.25) is 4.79 Å². The van der Waals surface area contributed by atoms with E-state index in [1.165, 1.54) is 0 Å². The molecule has 1 aromatic heterocycles. The first-order valence-electron chi connectivity index (χ1n) is 6.04. The third-order valence-corrected chi connectivity index (χ3v) is 3.82. The fraction of sp³-hybridized carbons (Fsp3) is 0.308. The Morgan fingerprint density at radius 1 is 1.42 bits per heavy atom. The van der Waals surface area contributed by atoms with Crippen LogP contribution < -0.4 is 4.90 Å². The van der Waals surface area contributed by atoms with Crippen LogP contribution >= 0.6 is 15.9 Å². The molecule has 1 aliphatic rings. The van der Waals surface area contributed by atoms with Gasteiger partial charge in [-0.2, -0.15) is 0 Å². The van der Waals surface area contributed by atoms with Crippen molar-refractivity contribution in [2.75, 3.05) is 11.4 Å². The van der Waals surface area contributed by atoms with E-state index < -0.39 is 0 Å². The van der Waals surface area contributed by atoms with Crippen LogP contribution in [0.25, 0.3) is 11.4 Å². The first-order chi connectivity index (χ1) is 9.15. The fourth-order valence-corrected chi connectivity index (χ4v) is 2.84. The van der Waals surface area contributed by atoms with Gasteiger partial charge in [0.2, 0.25) is 5.91 Å². The molecule has 0 radical (unpaired) electrons. The molecule has 2 heterocycles. The summed E-state index contributed by atoms with van der Waals surface area (Å²) in [5, 5.41) is 7.97. The smallest absolute Gasteiger partial charge is 0.228 e. The van der Waals surface area contributed by atoms with Crippen molar-refractivity contribution in [3.05, 3.63) is 30.6 Å². The predicted octanol–water partition coefficient (Wildman–Crippen LogP) is 1.98. The molecular formula is C13H13BrN4O. The summed E-state index contributed by atoms with van der Waals surface area (Å²) in [4.78, 5) is 14.0. The van der Waals surface area contributed by atoms with E-state index >= 15 is 0 Å². The van der Waals surface area contributed by atoms with E-state index in [2.05, 4.69) is 26.1 Å². The highest BCUT2D eigenvalue weighted by Gasteiger charge is 2.28. The third-order valence-electron chi connectivity index (χ3n) is 3.21. The normalized spacial score (nSPS) is 19.2. The molecule has 0 spiro atoms. The Hall–Kier alpha value is -1.69. The summed E-state index contributed by atoms with van der Waals surface area (Å²) in [6.45, 7) is 0.709. The van der Waals surface area contributed by atoms with Crippen molar-refractivity contribution in [2.24, 2.45) is 7.05 Å². The maximum absolute atomic E-state index is 11.9. The molecule has 1 amide bonds. The number of aromatic nitrogens is 3. The van der Waals surface area contributed by atoms with E-state index in [4.69, 9.17) is 0 Å². The van der Waals surface area contributed by atoms with Crippen LogP contribution in [0.1, 0.15) is 6.42 Å². The Morgan fingerprint density at radius 3 is 2.89 bits per heavy atom. The summed E-state index contributed by atoms with van der Waals surface area (Å²) in [6, 6.07) is 7.84. The molecule has 1 atom stereocenters. The Labute approximate surface area is 119 Å². The van der Waals surface area contributed by atoms with Gasteiger partial charge in [0.25, 0.3) is 0 Å². The molecule has 0 N–H and O–H groups in total. The lowest BCUT2D eigenvalue weighted by Crippen LogP contribution is -2.24. The monoisotopic (exact) mass is 320 g/mol. The fourth-order valence-electron chi connectivity index (χ4n) is 2.27. The van der Waals surface area contributed by atoms with Gasteiger partial charge in [-0.1, -0.05) is 28.1 Å². The number of nitrogens with zero attached hydrogens (tertiary/aromatic N) is 4. The molecule has 2 aromatic rings. The molecule has 0 bridgehead atoms. The molecule has 98 valence electrons. The molecule has 5 nitrogen and oxygen atoms in total. The van der Waals surface area contributed by atoms with Gasteiger partial charge in [0.05, 0.1) is 0 Å². The topological polar surface area (TPSA) is 51.0 Å². The minimum Gasteiger partial charge on any atom is -0.317 e. The lowest BCUT2D eigenvalue weighted by molar-refractivity contribution is -0.117. The Morgan fingerprint density at radius 2 is 2.26 bits per heavy atom. The van der Waals surface area contributed by atoms with Gasteiger partial charge in [0.1, 0.15) is 6.33 Å². The Bertz CT molecular complexity index is 625. The summed E-state index contributed by atoms with van der Waals surface area (Å²) in [5.74, 6) is 0.945. The van der Waals surface area contributed by atoms with Crippen molar-refractivity contribution in [1.82, 2.24) is 14.8 Å². The average molecular weight is 321 g/mol. The van der Waals surface area contributed by atoms with Gasteiger partial charge in [-0.15, -0.1) is 10.2 Å². The van der Waals surface area contributed by atoms with Crippen LogP contribution in [0.15, 0.2) is 30.6 Å². The molecule has 3 rings (SSSR count). The second-order valence-corrected chi connectivity index (χ2v) is 5.92. The number of rotatable bonds is 2. The average Bonchev–Trinajstić information content (AvgIpc) is 2.95. The van der Waals surface area contributed by atoms with Crippen molar-refractivity contribution in [2.45, 2.75) is 11.2 Å². The van der Waals surface area contributed by atoms with E-state index in [-0.39, 0.29) is 10.7 Å². The van der Waals surface area contributed by atoms with Crippen LogP contribution in [0.4, 0.5) is 5.69 Å². The number of benzene rings is 1. The summed E-state index contributed by atoms with van der Waals surface area (Å²) in [6.07, 6.45) is 2.21. The number of hydrogen-bond acceptors (Lipinski definition) is 3.